The molecule has 0 spiro atoms. The largest absolute Gasteiger partial charge is 0.540 e. The van der Waals surface area contributed by atoms with Crippen molar-refractivity contribution in [1.29, 1.82) is 0 Å². The molecule has 0 saturated heterocycles. The minimum Gasteiger partial charge on any atom is -0.540 e. The third-order valence-electron chi connectivity index (χ3n) is 2.67. The van der Waals surface area contributed by atoms with E-state index in [4.69, 9.17) is 4.43 Å². The Hall–Kier alpha value is -0.283. The maximum atomic E-state index is 5.81. The zero-order valence-corrected chi connectivity index (χ0v) is 12.3. The monoisotopic (exact) mass is 284 g/mol. The molecule has 0 aromatic heterocycles. The van der Waals surface area contributed by atoms with E-state index >= 15 is 0 Å². The van der Waals surface area contributed by atoms with Gasteiger partial charge >= 0.3 is 9.76 Å². The van der Waals surface area contributed by atoms with Gasteiger partial charge in [0, 0.05) is 4.47 Å². The molecule has 0 aliphatic carbocycles. The van der Waals surface area contributed by atoms with Gasteiger partial charge in [0.15, 0.2) is 0 Å². The lowest BCUT2D eigenvalue weighted by molar-refractivity contribution is 0.428. The van der Waals surface area contributed by atoms with E-state index in [-0.39, 0.29) is 5.04 Å². The van der Waals surface area contributed by atoms with Gasteiger partial charge in [0.1, 0.15) is 5.75 Å². The predicted octanol–water partition coefficient (Wildman–Crippen LogP) is 4.30. The van der Waals surface area contributed by atoms with Gasteiger partial charge < -0.3 is 4.43 Å². The molecule has 1 aromatic rings. The first-order chi connectivity index (χ1) is 6.92. The molecule has 0 atom stereocenters. The van der Waals surface area contributed by atoms with Crippen LogP contribution in [-0.2, 0) is 0 Å². The standard InChI is InChI=1S/C12H17BrOSi/c1-9(2)12(3,4)15-14-11-7-5-6-10(13)8-11/h5-9H,1-4H3. The van der Waals surface area contributed by atoms with E-state index in [0.29, 0.717) is 15.7 Å². The first kappa shape index (κ1) is 12.8. The second kappa shape index (κ2) is 5.17. The Kier molecular flexibility index (Phi) is 4.41. The van der Waals surface area contributed by atoms with Gasteiger partial charge in [-0.15, -0.1) is 0 Å². The second-order valence-corrected chi connectivity index (χ2v) is 7.15. The van der Waals surface area contributed by atoms with Crippen LogP contribution in [0.1, 0.15) is 27.7 Å². The summed E-state index contributed by atoms with van der Waals surface area (Å²) in [6, 6.07) is 7.99. The van der Waals surface area contributed by atoms with Crippen LogP contribution < -0.4 is 4.43 Å². The van der Waals surface area contributed by atoms with E-state index in [1.165, 1.54) is 0 Å². The van der Waals surface area contributed by atoms with E-state index in [1.807, 2.05) is 24.3 Å². The van der Waals surface area contributed by atoms with Crippen LogP contribution in [0.2, 0.25) is 5.04 Å². The molecule has 82 valence electrons. The van der Waals surface area contributed by atoms with Crippen LogP contribution in [0.25, 0.3) is 0 Å². The Morgan fingerprint density at radius 1 is 1.33 bits per heavy atom. The van der Waals surface area contributed by atoms with Crippen LogP contribution >= 0.6 is 15.9 Å². The zero-order chi connectivity index (χ0) is 11.5. The van der Waals surface area contributed by atoms with Gasteiger partial charge in [-0.3, -0.25) is 0 Å². The lowest BCUT2D eigenvalue weighted by Gasteiger charge is -2.26. The minimum atomic E-state index is 0.238. The molecule has 0 heterocycles. The van der Waals surface area contributed by atoms with Crippen molar-refractivity contribution < 1.29 is 4.43 Å². The Bertz CT molecular complexity index is 323. The third kappa shape index (κ3) is 3.99. The lowest BCUT2D eigenvalue weighted by atomic mass is 9.99. The maximum absolute atomic E-state index is 5.81. The number of hydrogen-bond acceptors (Lipinski definition) is 1. The SMILES string of the molecule is CC(C)C(C)(C)[Si]Oc1cccc(Br)c1. The van der Waals surface area contributed by atoms with Crippen molar-refractivity contribution in [2.75, 3.05) is 0 Å². The van der Waals surface area contributed by atoms with Gasteiger partial charge in [-0.25, -0.2) is 0 Å². The van der Waals surface area contributed by atoms with Crippen LogP contribution in [0.15, 0.2) is 28.7 Å². The van der Waals surface area contributed by atoms with E-state index in [1.54, 1.807) is 0 Å². The summed E-state index contributed by atoms with van der Waals surface area (Å²) in [5.74, 6) is 1.57. The Morgan fingerprint density at radius 3 is 2.53 bits per heavy atom. The molecule has 0 aliphatic rings. The molecule has 0 unspecified atom stereocenters. The summed E-state index contributed by atoms with van der Waals surface area (Å²) in [5, 5.41) is 0.238. The molecule has 15 heavy (non-hydrogen) atoms. The van der Waals surface area contributed by atoms with Crippen molar-refractivity contribution >= 4 is 25.7 Å². The number of benzene rings is 1. The average molecular weight is 285 g/mol. The molecule has 0 N–H and O–H groups in total. The highest BCUT2D eigenvalue weighted by atomic mass is 79.9. The fourth-order valence-electron chi connectivity index (χ4n) is 0.839. The highest BCUT2D eigenvalue weighted by Crippen LogP contribution is 2.33. The molecule has 1 rings (SSSR count). The van der Waals surface area contributed by atoms with Crippen LogP contribution in [-0.4, -0.2) is 9.76 Å². The van der Waals surface area contributed by atoms with Crippen LogP contribution in [0.3, 0.4) is 0 Å². The van der Waals surface area contributed by atoms with Gasteiger partial charge in [-0.1, -0.05) is 49.7 Å². The second-order valence-electron chi connectivity index (χ2n) is 4.54. The molecule has 1 nitrogen and oxygen atoms in total. The molecule has 1 aromatic carbocycles. The van der Waals surface area contributed by atoms with Gasteiger partial charge in [-0.2, -0.15) is 0 Å². The maximum Gasteiger partial charge on any atom is 0.317 e. The first-order valence-corrected chi connectivity index (χ1v) is 6.81. The van der Waals surface area contributed by atoms with E-state index < -0.39 is 0 Å². The Morgan fingerprint density at radius 2 is 2.00 bits per heavy atom. The molecule has 2 radical (unpaired) electrons. The summed E-state index contributed by atoms with van der Waals surface area (Å²) in [6.07, 6.45) is 0. The highest BCUT2D eigenvalue weighted by Gasteiger charge is 2.26. The number of halogens is 1. The molecule has 0 bridgehead atoms. The fourth-order valence-corrected chi connectivity index (χ4v) is 1.96. The fraction of sp³-hybridized carbons (Fsp3) is 0.500. The lowest BCUT2D eigenvalue weighted by Crippen LogP contribution is -2.24. The Labute approximate surface area is 103 Å². The van der Waals surface area contributed by atoms with Crippen molar-refractivity contribution in [2.24, 2.45) is 5.92 Å². The van der Waals surface area contributed by atoms with Gasteiger partial charge in [0.2, 0.25) is 0 Å². The quantitative estimate of drug-likeness (QED) is 0.749. The van der Waals surface area contributed by atoms with Gasteiger partial charge in [0.05, 0.1) is 0 Å². The number of hydrogen-bond donors (Lipinski definition) is 0. The van der Waals surface area contributed by atoms with Crippen molar-refractivity contribution in [2.45, 2.75) is 32.7 Å². The normalized spacial score (nSPS) is 11.9. The van der Waals surface area contributed by atoms with E-state index in [0.717, 1.165) is 10.2 Å². The van der Waals surface area contributed by atoms with Crippen LogP contribution in [0.5, 0.6) is 5.75 Å². The zero-order valence-electron chi connectivity index (χ0n) is 9.67. The minimum absolute atomic E-state index is 0.238. The van der Waals surface area contributed by atoms with Crippen molar-refractivity contribution in [3.05, 3.63) is 28.7 Å². The summed E-state index contributed by atoms with van der Waals surface area (Å²) in [4.78, 5) is 0. The van der Waals surface area contributed by atoms with E-state index in [9.17, 15) is 0 Å². The summed E-state index contributed by atoms with van der Waals surface area (Å²) in [6.45, 7) is 8.96. The number of rotatable bonds is 4. The molecular weight excluding hydrogens is 268 g/mol. The summed E-state index contributed by atoms with van der Waals surface area (Å²) in [7, 11) is 0.492. The summed E-state index contributed by atoms with van der Waals surface area (Å²) in [5.41, 5.74) is 0. The predicted molar refractivity (Wildman–Crippen MR) is 69.4 cm³/mol. The molecule has 0 fully saturated rings. The van der Waals surface area contributed by atoms with Crippen LogP contribution in [0.4, 0.5) is 0 Å². The molecule has 0 aliphatic heterocycles. The topological polar surface area (TPSA) is 9.23 Å². The van der Waals surface area contributed by atoms with Gasteiger partial charge in [0.25, 0.3) is 0 Å². The highest BCUT2D eigenvalue weighted by molar-refractivity contribution is 9.10. The van der Waals surface area contributed by atoms with Crippen molar-refractivity contribution in [3.63, 3.8) is 0 Å². The summed E-state index contributed by atoms with van der Waals surface area (Å²) >= 11 is 3.43. The average Bonchev–Trinajstić information content (AvgIpc) is 2.15. The van der Waals surface area contributed by atoms with Crippen molar-refractivity contribution in [1.82, 2.24) is 0 Å². The van der Waals surface area contributed by atoms with E-state index in [2.05, 4.69) is 43.6 Å². The van der Waals surface area contributed by atoms with Gasteiger partial charge in [-0.05, 0) is 29.2 Å². The first-order valence-electron chi connectivity index (χ1n) is 5.11. The molecular formula is C12H17BrOSi. The molecule has 0 saturated carbocycles. The Balaban J connectivity index is 2.57. The molecule has 3 heteroatoms. The molecule has 0 amide bonds. The third-order valence-corrected chi connectivity index (χ3v) is 4.61. The smallest absolute Gasteiger partial charge is 0.317 e. The van der Waals surface area contributed by atoms with Crippen LogP contribution in [0, 0.1) is 5.92 Å². The summed E-state index contributed by atoms with van der Waals surface area (Å²) < 4.78 is 6.87. The van der Waals surface area contributed by atoms with Crippen molar-refractivity contribution in [3.8, 4) is 5.75 Å².